The van der Waals surface area contributed by atoms with Gasteiger partial charge in [0.1, 0.15) is 22.0 Å². The molecule has 0 aliphatic heterocycles. The molecular weight excluding hydrogens is 313 g/mol. The first-order chi connectivity index (χ1) is 9.08. The third-order valence-electron chi connectivity index (χ3n) is 2.93. The topological polar surface area (TPSA) is 53.1 Å². The fraction of sp³-hybridized carbons (Fsp3) is 0.308. The molecular formula is C13H15BrFN3O. The quantitative estimate of drug-likeness (QED) is 0.938. The average Bonchev–Trinajstić information content (AvgIpc) is 2.65. The molecule has 0 saturated heterocycles. The average molecular weight is 328 g/mol. The summed E-state index contributed by atoms with van der Waals surface area (Å²) in [5, 5.41) is 0. The smallest absolute Gasteiger partial charge is 0.132 e. The molecule has 2 aromatic rings. The van der Waals surface area contributed by atoms with E-state index in [0.717, 1.165) is 11.5 Å². The molecule has 1 heterocycles. The number of nitrogens with zero attached hydrogens (tertiary/aromatic N) is 2. The second-order valence-electron chi connectivity index (χ2n) is 4.11. The van der Waals surface area contributed by atoms with Crippen LogP contribution in [0.2, 0.25) is 0 Å². The van der Waals surface area contributed by atoms with Crippen LogP contribution in [0, 0.1) is 5.82 Å². The van der Waals surface area contributed by atoms with Crippen LogP contribution in [-0.2, 0) is 13.5 Å². The summed E-state index contributed by atoms with van der Waals surface area (Å²) < 4.78 is 21.3. The molecule has 0 aliphatic carbocycles. The van der Waals surface area contributed by atoms with Gasteiger partial charge >= 0.3 is 0 Å². The van der Waals surface area contributed by atoms with Crippen LogP contribution in [0.25, 0.3) is 11.3 Å². The number of ether oxygens (including phenoxy) is 1. The summed E-state index contributed by atoms with van der Waals surface area (Å²) in [7, 11) is 3.43. The normalized spacial score (nSPS) is 10.8. The van der Waals surface area contributed by atoms with Crippen molar-refractivity contribution in [2.24, 2.45) is 12.8 Å². The maximum absolute atomic E-state index is 13.5. The van der Waals surface area contributed by atoms with Crippen LogP contribution < -0.4 is 10.5 Å². The van der Waals surface area contributed by atoms with Crippen molar-refractivity contribution in [3.05, 3.63) is 34.4 Å². The molecule has 1 aromatic heterocycles. The van der Waals surface area contributed by atoms with E-state index in [2.05, 4.69) is 20.9 Å². The Bertz CT molecular complexity index is 598. The second kappa shape index (κ2) is 5.71. The van der Waals surface area contributed by atoms with E-state index >= 15 is 0 Å². The minimum Gasteiger partial charge on any atom is -0.496 e. The summed E-state index contributed by atoms with van der Waals surface area (Å²) in [6, 6.07) is 4.41. The van der Waals surface area contributed by atoms with Crippen molar-refractivity contribution in [1.29, 1.82) is 0 Å². The van der Waals surface area contributed by atoms with E-state index in [9.17, 15) is 4.39 Å². The van der Waals surface area contributed by atoms with Gasteiger partial charge in [0.2, 0.25) is 0 Å². The zero-order valence-corrected chi connectivity index (χ0v) is 12.4. The second-order valence-corrected chi connectivity index (χ2v) is 4.86. The molecule has 0 aliphatic rings. The van der Waals surface area contributed by atoms with Crippen LogP contribution in [0.15, 0.2) is 22.8 Å². The Labute approximate surface area is 119 Å². The molecule has 0 spiro atoms. The Balaban J connectivity index is 2.61. The Morgan fingerprint density at radius 1 is 1.47 bits per heavy atom. The van der Waals surface area contributed by atoms with Crippen LogP contribution in [0.1, 0.15) is 5.82 Å². The van der Waals surface area contributed by atoms with Gasteiger partial charge in [-0.25, -0.2) is 9.37 Å². The lowest BCUT2D eigenvalue weighted by atomic mass is 10.1. The van der Waals surface area contributed by atoms with Crippen molar-refractivity contribution in [3.63, 3.8) is 0 Å². The van der Waals surface area contributed by atoms with Crippen molar-refractivity contribution < 1.29 is 9.13 Å². The maximum atomic E-state index is 13.5. The largest absolute Gasteiger partial charge is 0.496 e. The van der Waals surface area contributed by atoms with E-state index in [0.29, 0.717) is 28.9 Å². The number of rotatable bonds is 4. The van der Waals surface area contributed by atoms with Gasteiger partial charge in [0.15, 0.2) is 0 Å². The van der Waals surface area contributed by atoms with Crippen molar-refractivity contribution >= 4 is 15.9 Å². The van der Waals surface area contributed by atoms with Gasteiger partial charge < -0.3 is 15.0 Å². The molecule has 2 N–H and O–H groups in total. The van der Waals surface area contributed by atoms with E-state index in [1.54, 1.807) is 13.2 Å². The van der Waals surface area contributed by atoms with E-state index in [1.165, 1.54) is 12.1 Å². The number of hydrogen-bond donors (Lipinski definition) is 1. The van der Waals surface area contributed by atoms with E-state index < -0.39 is 0 Å². The van der Waals surface area contributed by atoms with E-state index in [4.69, 9.17) is 10.5 Å². The minimum atomic E-state index is -0.315. The molecule has 102 valence electrons. The third-order valence-corrected chi connectivity index (χ3v) is 3.48. The van der Waals surface area contributed by atoms with Gasteiger partial charge in [0.25, 0.3) is 0 Å². The first-order valence-electron chi connectivity index (χ1n) is 5.83. The highest BCUT2D eigenvalue weighted by Gasteiger charge is 2.18. The summed E-state index contributed by atoms with van der Waals surface area (Å²) >= 11 is 3.41. The molecule has 0 atom stereocenters. The molecule has 0 unspecified atom stereocenters. The predicted octanol–water partition coefficient (Wildman–Crippen LogP) is 2.50. The lowest BCUT2D eigenvalue weighted by Gasteiger charge is -2.10. The minimum absolute atomic E-state index is 0.315. The number of benzene rings is 1. The highest BCUT2D eigenvalue weighted by molar-refractivity contribution is 9.10. The van der Waals surface area contributed by atoms with Crippen molar-refractivity contribution in [2.45, 2.75) is 6.42 Å². The number of halogens is 2. The summed E-state index contributed by atoms with van der Waals surface area (Å²) in [5.74, 6) is 1.13. The molecule has 1 aromatic carbocycles. The molecule has 0 saturated carbocycles. The first kappa shape index (κ1) is 14.0. The van der Waals surface area contributed by atoms with Gasteiger partial charge in [-0.1, -0.05) is 0 Å². The maximum Gasteiger partial charge on any atom is 0.132 e. The summed E-state index contributed by atoms with van der Waals surface area (Å²) in [6.07, 6.45) is 0.659. The highest BCUT2D eigenvalue weighted by Crippen LogP contribution is 2.35. The van der Waals surface area contributed by atoms with Crippen molar-refractivity contribution in [1.82, 2.24) is 9.55 Å². The molecule has 0 bridgehead atoms. The van der Waals surface area contributed by atoms with Gasteiger partial charge in [-0.15, -0.1) is 0 Å². The lowest BCUT2D eigenvalue weighted by molar-refractivity contribution is 0.415. The van der Waals surface area contributed by atoms with Crippen LogP contribution in [0.3, 0.4) is 0 Å². The summed E-state index contributed by atoms with van der Waals surface area (Å²) in [4.78, 5) is 4.40. The van der Waals surface area contributed by atoms with Crippen molar-refractivity contribution in [3.8, 4) is 17.0 Å². The Hall–Kier alpha value is -1.40. The van der Waals surface area contributed by atoms with Gasteiger partial charge in [-0.05, 0) is 40.7 Å². The molecule has 2 rings (SSSR count). The van der Waals surface area contributed by atoms with E-state index in [-0.39, 0.29) is 5.82 Å². The van der Waals surface area contributed by atoms with Gasteiger partial charge in [0.05, 0.1) is 12.8 Å². The highest BCUT2D eigenvalue weighted by atomic mass is 79.9. The Kier molecular flexibility index (Phi) is 4.21. The number of methoxy groups -OCH3 is 1. The van der Waals surface area contributed by atoms with Crippen molar-refractivity contribution in [2.75, 3.05) is 13.7 Å². The van der Waals surface area contributed by atoms with Crippen LogP contribution in [0.5, 0.6) is 5.75 Å². The standard InChI is InChI=1S/C13H15BrFN3O/c1-18-11(5-6-16)17-13(14)12(18)9-7-8(15)3-4-10(9)19-2/h3-4,7H,5-6,16H2,1-2H3. The van der Waals surface area contributed by atoms with Crippen LogP contribution >= 0.6 is 15.9 Å². The molecule has 4 nitrogen and oxygen atoms in total. The van der Waals surface area contributed by atoms with Gasteiger partial charge in [-0.2, -0.15) is 0 Å². The number of aromatic nitrogens is 2. The number of nitrogens with two attached hydrogens (primary N) is 1. The fourth-order valence-corrected chi connectivity index (χ4v) is 2.70. The van der Waals surface area contributed by atoms with Gasteiger partial charge in [-0.3, -0.25) is 0 Å². The molecule has 0 radical (unpaired) electrons. The molecule has 6 heteroatoms. The van der Waals surface area contributed by atoms with Crippen LogP contribution in [0.4, 0.5) is 4.39 Å². The number of imidazole rings is 1. The lowest BCUT2D eigenvalue weighted by Crippen LogP contribution is -2.08. The Morgan fingerprint density at radius 2 is 2.21 bits per heavy atom. The molecule has 19 heavy (non-hydrogen) atoms. The molecule has 0 amide bonds. The predicted molar refractivity (Wildman–Crippen MR) is 75.6 cm³/mol. The SMILES string of the molecule is COc1ccc(F)cc1-c1c(Br)nc(CCN)n1C. The zero-order chi connectivity index (χ0) is 14.0. The van der Waals surface area contributed by atoms with E-state index in [1.807, 2.05) is 11.6 Å². The Morgan fingerprint density at radius 3 is 2.84 bits per heavy atom. The monoisotopic (exact) mass is 327 g/mol. The third kappa shape index (κ3) is 2.64. The summed E-state index contributed by atoms with van der Waals surface area (Å²) in [6.45, 7) is 0.511. The summed E-state index contributed by atoms with van der Waals surface area (Å²) in [5.41, 5.74) is 6.99. The number of hydrogen-bond acceptors (Lipinski definition) is 3. The van der Waals surface area contributed by atoms with Gasteiger partial charge in [0, 0.05) is 19.0 Å². The fourth-order valence-electron chi connectivity index (χ4n) is 2.02. The zero-order valence-electron chi connectivity index (χ0n) is 10.8. The first-order valence-corrected chi connectivity index (χ1v) is 6.62. The molecule has 0 fully saturated rings. The van der Waals surface area contributed by atoms with Crippen LogP contribution in [-0.4, -0.2) is 23.2 Å².